The topological polar surface area (TPSA) is 20.2 Å². The molecular weight excluding hydrogens is 327 g/mol. The van der Waals surface area contributed by atoms with Crippen LogP contribution in [0.5, 0.6) is 0 Å². The summed E-state index contributed by atoms with van der Waals surface area (Å²) in [4.78, 5) is 0. The van der Waals surface area contributed by atoms with Crippen molar-refractivity contribution in [1.29, 1.82) is 0 Å². The van der Waals surface area contributed by atoms with E-state index in [0.29, 0.717) is 19.3 Å². The lowest BCUT2D eigenvalue weighted by atomic mass is 10.0. The van der Waals surface area contributed by atoms with E-state index in [2.05, 4.69) is 11.8 Å². The SMILES string of the molecule is C#CC(O)C#Cc1cc(F)c(CCCCCCC(F)(F)F)c(F)c1. The number of hydrogen-bond acceptors (Lipinski definition) is 1. The van der Waals surface area contributed by atoms with Crippen LogP contribution in [-0.4, -0.2) is 17.4 Å². The summed E-state index contributed by atoms with van der Waals surface area (Å²) in [5.41, 5.74) is -0.0675. The van der Waals surface area contributed by atoms with Gasteiger partial charge >= 0.3 is 6.18 Å². The minimum atomic E-state index is -4.16. The van der Waals surface area contributed by atoms with E-state index in [1.165, 1.54) is 0 Å². The number of rotatable bonds is 6. The molecule has 0 aliphatic heterocycles. The fourth-order valence-electron chi connectivity index (χ4n) is 2.09. The smallest absolute Gasteiger partial charge is 0.369 e. The Morgan fingerprint density at radius 1 is 1.04 bits per heavy atom. The van der Waals surface area contributed by atoms with Crippen LogP contribution in [0.25, 0.3) is 0 Å². The molecule has 0 saturated heterocycles. The van der Waals surface area contributed by atoms with Gasteiger partial charge in [0.25, 0.3) is 0 Å². The number of aliphatic hydroxyl groups excluding tert-OH is 1. The van der Waals surface area contributed by atoms with Crippen LogP contribution in [0, 0.1) is 35.8 Å². The van der Waals surface area contributed by atoms with E-state index in [9.17, 15) is 22.0 Å². The lowest BCUT2D eigenvalue weighted by Gasteiger charge is -2.07. The number of benzene rings is 1. The second-order valence-electron chi connectivity index (χ2n) is 5.29. The molecule has 1 atom stereocenters. The third-order valence-electron chi connectivity index (χ3n) is 3.29. The van der Waals surface area contributed by atoms with Crippen LogP contribution in [0.3, 0.4) is 0 Å². The molecule has 0 amide bonds. The van der Waals surface area contributed by atoms with E-state index < -0.39 is 30.3 Å². The Balaban J connectivity index is 2.55. The van der Waals surface area contributed by atoms with Gasteiger partial charge in [-0.1, -0.05) is 30.6 Å². The van der Waals surface area contributed by atoms with Crippen LogP contribution < -0.4 is 0 Å². The van der Waals surface area contributed by atoms with Crippen molar-refractivity contribution < 1.29 is 27.1 Å². The Morgan fingerprint density at radius 3 is 2.17 bits per heavy atom. The third-order valence-corrected chi connectivity index (χ3v) is 3.29. The minimum Gasteiger partial charge on any atom is -0.369 e. The predicted octanol–water partition coefficient (Wildman–Crippen LogP) is 4.37. The highest BCUT2D eigenvalue weighted by molar-refractivity contribution is 5.39. The monoisotopic (exact) mass is 344 g/mol. The quantitative estimate of drug-likeness (QED) is 0.462. The van der Waals surface area contributed by atoms with Gasteiger partial charge in [0.1, 0.15) is 11.6 Å². The number of terminal acetylenes is 1. The second-order valence-corrected chi connectivity index (χ2v) is 5.29. The summed E-state index contributed by atoms with van der Waals surface area (Å²) < 4.78 is 63.7. The van der Waals surface area contributed by atoms with Gasteiger partial charge in [-0.3, -0.25) is 0 Å². The lowest BCUT2D eigenvalue weighted by molar-refractivity contribution is -0.135. The molecule has 0 bridgehead atoms. The summed E-state index contributed by atoms with van der Waals surface area (Å²) >= 11 is 0. The first-order valence-electron chi connectivity index (χ1n) is 7.43. The highest BCUT2D eigenvalue weighted by atomic mass is 19.4. The largest absolute Gasteiger partial charge is 0.389 e. The van der Waals surface area contributed by atoms with E-state index in [0.717, 1.165) is 12.1 Å². The Labute approximate surface area is 137 Å². The minimum absolute atomic E-state index is 0.0144. The van der Waals surface area contributed by atoms with Gasteiger partial charge in [0.2, 0.25) is 0 Å². The molecule has 1 unspecified atom stereocenters. The van der Waals surface area contributed by atoms with Gasteiger partial charge in [-0.15, -0.1) is 6.42 Å². The summed E-state index contributed by atoms with van der Waals surface area (Å²) in [7, 11) is 0. The van der Waals surface area contributed by atoms with Crippen LogP contribution in [0.15, 0.2) is 12.1 Å². The number of alkyl halides is 3. The van der Waals surface area contributed by atoms with Gasteiger partial charge < -0.3 is 5.11 Å². The number of unbranched alkanes of at least 4 members (excludes halogenated alkanes) is 3. The molecule has 1 nitrogen and oxygen atoms in total. The highest BCUT2D eigenvalue weighted by Gasteiger charge is 2.25. The normalized spacial score (nSPS) is 12.2. The van der Waals surface area contributed by atoms with Crippen molar-refractivity contribution in [3.8, 4) is 24.2 Å². The van der Waals surface area contributed by atoms with Crippen molar-refractivity contribution in [2.75, 3.05) is 0 Å². The number of aliphatic hydroxyl groups is 1. The van der Waals surface area contributed by atoms with Gasteiger partial charge in [-0.2, -0.15) is 13.2 Å². The first kappa shape index (κ1) is 20.0. The first-order valence-corrected chi connectivity index (χ1v) is 7.43. The summed E-state index contributed by atoms with van der Waals surface area (Å²) in [6.45, 7) is 0. The van der Waals surface area contributed by atoms with Crippen molar-refractivity contribution in [3.05, 3.63) is 34.9 Å². The van der Waals surface area contributed by atoms with Gasteiger partial charge in [-0.25, -0.2) is 8.78 Å². The Hall–Kier alpha value is -2.05. The Bertz CT molecular complexity index is 623. The third kappa shape index (κ3) is 7.48. The van der Waals surface area contributed by atoms with Crippen LogP contribution >= 0.6 is 0 Å². The maximum atomic E-state index is 13.9. The summed E-state index contributed by atoms with van der Waals surface area (Å²) in [5.74, 6) is 5.03. The molecule has 1 aromatic carbocycles. The standard InChI is InChI=1S/C18H17F5O/c1-2-14(24)9-8-13-11-16(19)15(17(20)12-13)7-5-3-4-6-10-18(21,22)23/h1,11-12,14,24H,3-7,10H2. The van der Waals surface area contributed by atoms with Crippen LogP contribution in [0.1, 0.15) is 43.2 Å². The van der Waals surface area contributed by atoms with Crippen LogP contribution in [0.2, 0.25) is 0 Å². The molecule has 0 heterocycles. The molecule has 0 aromatic heterocycles. The van der Waals surface area contributed by atoms with E-state index in [1.807, 2.05) is 5.92 Å². The van der Waals surface area contributed by atoms with E-state index in [-0.39, 0.29) is 24.0 Å². The second kappa shape index (κ2) is 9.30. The van der Waals surface area contributed by atoms with Crippen molar-refractivity contribution in [1.82, 2.24) is 0 Å². The predicted molar refractivity (Wildman–Crippen MR) is 80.9 cm³/mol. The van der Waals surface area contributed by atoms with E-state index in [4.69, 9.17) is 11.5 Å². The molecule has 0 radical (unpaired) electrons. The average Bonchev–Trinajstić information content (AvgIpc) is 2.49. The molecule has 0 aliphatic rings. The van der Waals surface area contributed by atoms with Crippen molar-refractivity contribution in [2.45, 2.75) is 50.8 Å². The molecule has 0 saturated carbocycles. The van der Waals surface area contributed by atoms with Crippen LogP contribution in [-0.2, 0) is 6.42 Å². The van der Waals surface area contributed by atoms with Gasteiger partial charge in [0, 0.05) is 17.5 Å². The lowest BCUT2D eigenvalue weighted by Crippen LogP contribution is -2.06. The van der Waals surface area contributed by atoms with E-state index in [1.54, 1.807) is 0 Å². The molecule has 130 valence electrons. The van der Waals surface area contributed by atoms with Crippen molar-refractivity contribution >= 4 is 0 Å². The summed E-state index contributed by atoms with van der Waals surface area (Å²) in [6, 6.07) is 2.08. The van der Waals surface area contributed by atoms with Crippen molar-refractivity contribution in [2.24, 2.45) is 0 Å². The fraction of sp³-hybridized carbons (Fsp3) is 0.444. The molecule has 1 rings (SSSR count). The Morgan fingerprint density at radius 2 is 1.62 bits per heavy atom. The molecule has 0 spiro atoms. The zero-order chi connectivity index (χ0) is 18.2. The molecule has 0 fully saturated rings. The summed E-state index contributed by atoms with van der Waals surface area (Å²) in [5, 5.41) is 9.08. The zero-order valence-corrected chi connectivity index (χ0v) is 12.9. The highest BCUT2D eigenvalue weighted by Crippen LogP contribution is 2.23. The zero-order valence-electron chi connectivity index (χ0n) is 12.9. The molecule has 1 aromatic rings. The van der Waals surface area contributed by atoms with E-state index >= 15 is 0 Å². The summed E-state index contributed by atoms with van der Waals surface area (Å²) in [6.07, 6.45) is -0.0655. The number of hydrogen-bond donors (Lipinski definition) is 1. The fourth-order valence-corrected chi connectivity index (χ4v) is 2.09. The average molecular weight is 344 g/mol. The first-order chi connectivity index (χ1) is 11.2. The molecule has 0 aliphatic carbocycles. The van der Waals surface area contributed by atoms with Gasteiger partial charge in [0.05, 0.1) is 0 Å². The molecule has 6 heteroatoms. The van der Waals surface area contributed by atoms with Crippen LogP contribution in [0.4, 0.5) is 22.0 Å². The van der Waals surface area contributed by atoms with Crippen molar-refractivity contribution in [3.63, 3.8) is 0 Å². The molecule has 24 heavy (non-hydrogen) atoms. The maximum absolute atomic E-state index is 13.9. The van der Waals surface area contributed by atoms with Gasteiger partial charge in [0.15, 0.2) is 6.10 Å². The number of halogens is 5. The maximum Gasteiger partial charge on any atom is 0.389 e. The molecule has 1 N–H and O–H groups in total. The molecular formula is C18H17F5O. The Kier molecular flexibility index (Phi) is 7.74. The van der Waals surface area contributed by atoms with Gasteiger partial charge in [-0.05, 0) is 31.4 Å².